The Kier molecular flexibility index (Phi) is 5.47. The molecule has 0 spiro atoms. The van der Waals surface area contributed by atoms with E-state index in [1.54, 1.807) is 10.5 Å². The number of rotatable bonds is 6. The molecular weight excluding hydrogens is 276 g/mol. The zero-order chi connectivity index (χ0) is 14.4. The Morgan fingerprint density at radius 3 is 2.95 bits per heavy atom. The van der Waals surface area contributed by atoms with E-state index in [4.69, 9.17) is 0 Å². The van der Waals surface area contributed by atoms with Gasteiger partial charge in [-0.3, -0.25) is 4.98 Å². The van der Waals surface area contributed by atoms with Crippen molar-refractivity contribution in [3.8, 4) is 0 Å². The molecule has 2 N–H and O–H groups in total. The van der Waals surface area contributed by atoms with Crippen LogP contribution in [-0.4, -0.2) is 43.9 Å². The van der Waals surface area contributed by atoms with Crippen molar-refractivity contribution in [2.24, 2.45) is 0 Å². The minimum atomic E-state index is -3.45. The van der Waals surface area contributed by atoms with Gasteiger partial charge in [0.25, 0.3) is 10.2 Å². The first-order valence-electron chi connectivity index (χ1n) is 6.94. The van der Waals surface area contributed by atoms with Gasteiger partial charge in [0, 0.05) is 25.3 Å². The second-order valence-corrected chi connectivity index (χ2v) is 6.67. The zero-order valence-electron chi connectivity index (χ0n) is 11.7. The maximum atomic E-state index is 12.4. The van der Waals surface area contributed by atoms with E-state index >= 15 is 0 Å². The Hall–Kier alpha value is -1.02. The molecule has 6 nitrogen and oxygen atoms in total. The summed E-state index contributed by atoms with van der Waals surface area (Å²) in [7, 11) is -1.60. The van der Waals surface area contributed by atoms with Gasteiger partial charge in [-0.1, -0.05) is 12.5 Å². The first-order chi connectivity index (χ1) is 9.63. The molecule has 0 bridgehead atoms. The topological polar surface area (TPSA) is 74.3 Å². The molecule has 1 atom stereocenters. The maximum Gasteiger partial charge on any atom is 0.280 e. The predicted molar refractivity (Wildman–Crippen MR) is 78.3 cm³/mol. The summed E-state index contributed by atoms with van der Waals surface area (Å²) in [5, 5.41) is 3.07. The van der Waals surface area contributed by atoms with E-state index in [0.717, 1.165) is 25.0 Å². The molecule has 0 aromatic carbocycles. The van der Waals surface area contributed by atoms with Crippen molar-refractivity contribution < 1.29 is 8.42 Å². The number of aromatic nitrogens is 1. The zero-order valence-corrected chi connectivity index (χ0v) is 12.6. The molecule has 0 saturated carbocycles. The second kappa shape index (κ2) is 7.12. The largest absolute Gasteiger partial charge is 0.318 e. The molecule has 1 fully saturated rings. The highest BCUT2D eigenvalue weighted by Gasteiger charge is 2.31. The summed E-state index contributed by atoms with van der Waals surface area (Å²) in [5.41, 5.74) is 0.721. The van der Waals surface area contributed by atoms with Gasteiger partial charge >= 0.3 is 0 Å². The van der Waals surface area contributed by atoms with Crippen molar-refractivity contribution in [1.82, 2.24) is 19.3 Å². The Balaban J connectivity index is 2.01. The fourth-order valence-corrected chi connectivity index (χ4v) is 3.92. The van der Waals surface area contributed by atoms with Crippen molar-refractivity contribution in [3.63, 3.8) is 0 Å². The van der Waals surface area contributed by atoms with Crippen LogP contribution in [0.4, 0.5) is 0 Å². The van der Waals surface area contributed by atoms with Gasteiger partial charge in [-0.05, 0) is 32.0 Å². The molecule has 2 heterocycles. The molecule has 0 radical (unpaired) electrons. The quantitative estimate of drug-likeness (QED) is 0.801. The van der Waals surface area contributed by atoms with E-state index in [9.17, 15) is 8.42 Å². The summed E-state index contributed by atoms with van der Waals surface area (Å²) in [6.07, 6.45) is 4.57. The molecule has 1 aromatic heterocycles. The number of likely N-dealkylation sites (N-methyl/N-ethyl adjacent to an activating group) is 1. The van der Waals surface area contributed by atoms with Crippen molar-refractivity contribution in [1.29, 1.82) is 0 Å². The molecule has 1 aliphatic rings. The SMILES string of the molecule is CNCC1CCCCN1S(=O)(=O)NCc1ccccn1. The third-order valence-corrected chi connectivity index (χ3v) is 5.09. The van der Waals surface area contributed by atoms with Gasteiger partial charge in [-0.2, -0.15) is 17.4 Å². The van der Waals surface area contributed by atoms with E-state index < -0.39 is 10.2 Å². The van der Waals surface area contributed by atoms with Crippen LogP contribution in [-0.2, 0) is 16.8 Å². The summed E-state index contributed by atoms with van der Waals surface area (Å²) in [5.74, 6) is 0. The highest BCUT2D eigenvalue weighted by Crippen LogP contribution is 2.19. The number of piperidine rings is 1. The van der Waals surface area contributed by atoms with Crippen LogP contribution >= 0.6 is 0 Å². The van der Waals surface area contributed by atoms with E-state index in [1.807, 2.05) is 25.2 Å². The minimum Gasteiger partial charge on any atom is -0.318 e. The molecule has 0 amide bonds. The molecule has 1 aliphatic heterocycles. The third kappa shape index (κ3) is 3.99. The summed E-state index contributed by atoms with van der Waals surface area (Å²) >= 11 is 0. The van der Waals surface area contributed by atoms with E-state index in [2.05, 4.69) is 15.0 Å². The normalized spacial score (nSPS) is 20.9. The summed E-state index contributed by atoms with van der Waals surface area (Å²) < 4.78 is 29.0. The maximum absolute atomic E-state index is 12.4. The molecule has 1 unspecified atom stereocenters. The lowest BCUT2D eigenvalue weighted by molar-refractivity contribution is 0.246. The van der Waals surface area contributed by atoms with E-state index in [-0.39, 0.29) is 12.6 Å². The van der Waals surface area contributed by atoms with Crippen LogP contribution in [0.15, 0.2) is 24.4 Å². The first-order valence-corrected chi connectivity index (χ1v) is 8.38. The van der Waals surface area contributed by atoms with Crippen LogP contribution in [0.25, 0.3) is 0 Å². The highest BCUT2D eigenvalue weighted by atomic mass is 32.2. The molecule has 2 rings (SSSR count). The Bertz CT molecular complexity index is 504. The molecule has 1 aromatic rings. The number of hydrogen-bond acceptors (Lipinski definition) is 4. The Labute approximate surface area is 120 Å². The second-order valence-electron chi connectivity index (χ2n) is 4.97. The standard InChI is InChI=1S/C13H22N4O2S/c1-14-11-13-7-3-5-9-17(13)20(18,19)16-10-12-6-2-4-8-15-12/h2,4,6,8,13-14,16H,3,5,7,9-11H2,1H3. The van der Waals surface area contributed by atoms with Crippen LogP contribution < -0.4 is 10.0 Å². The summed E-state index contributed by atoms with van der Waals surface area (Å²) in [6.45, 7) is 1.50. The van der Waals surface area contributed by atoms with Crippen LogP contribution in [0.2, 0.25) is 0 Å². The predicted octanol–water partition coefficient (Wildman–Crippen LogP) is 0.490. The Morgan fingerprint density at radius 2 is 2.25 bits per heavy atom. The van der Waals surface area contributed by atoms with E-state index in [0.29, 0.717) is 13.1 Å². The van der Waals surface area contributed by atoms with Gasteiger partial charge in [0.15, 0.2) is 0 Å². The van der Waals surface area contributed by atoms with Crippen LogP contribution in [0, 0.1) is 0 Å². The van der Waals surface area contributed by atoms with Gasteiger partial charge in [-0.15, -0.1) is 0 Å². The molecule has 20 heavy (non-hydrogen) atoms. The van der Waals surface area contributed by atoms with Crippen LogP contribution in [0.3, 0.4) is 0 Å². The number of nitrogens with zero attached hydrogens (tertiary/aromatic N) is 2. The summed E-state index contributed by atoms with van der Waals surface area (Å²) in [4.78, 5) is 4.12. The average Bonchev–Trinajstić information content (AvgIpc) is 2.47. The van der Waals surface area contributed by atoms with Gasteiger partial charge in [-0.25, -0.2) is 0 Å². The molecule has 7 heteroatoms. The third-order valence-electron chi connectivity index (χ3n) is 3.48. The van der Waals surface area contributed by atoms with E-state index in [1.165, 1.54) is 0 Å². The highest BCUT2D eigenvalue weighted by molar-refractivity contribution is 7.87. The fourth-order valence-electron chi connectivity index (χ4n) is 2.48. The summed E-state index contributed by atoms with van der Waals surface area (Å²) in [6, 6.07) is 5.51. The minimum absolute atomic E-state index is 0.0370. The average molecular weight is 298 g/mol. The van der Waals surface area contributed by atoms with Crippen LogP contribution in [0.5, 0.6) is 0 Å². The van der Waals surface area contributed by atoms with Gasteiger partial charge < -0.3 is 5.32 Å². The molecule has 112 valence electrons. The lowest BCUT2D eigenvalue weighted by Crippen LogP contribution is -2.51. The van der Waals surface area contributed by atoms with Crippen molar-refractivity contribution in [3.05, 3.63) is 30.1 Å². The molecular formula is C13H22N4O2S. The number of nitrogens with one attached hydrogen (secondary N) is 2. The first kappa shape index (κ1) is 15.4. The van der Waals surface area contributed by atoms with Crippen LogP contribution in [0.1, 0.15) is 25.0 Å². The Morgan fingerprint density at radius 1 is 1.40 bits per heavy atom. The number of hydrogen-bond donors (Lipinski definition) is 2. The fraction of sp³-hybridized carbons (Fsp3) is 0.615. The van der Waals surface area contributed by atoms with Crippen molar-refractivity contribution in [2.45, 2.75) is 31.8 Å². The van der Waals surface area contributed by atoms with Gasteiger partial charge in [0.1, 0.15) is 0 Å². The van der Waals surface area contributed by atoms with Gasteiger partial charge in [0.2, 0.25) is 0 Å². The molecule has 0 aliphatic carbocycles. The number of pyridine rings is 1. The van der Waals surface area contributed by atoms with Crippen molar-refractivity contribution in [2.75, 3.05) is 20.1 Å². The lowest BCUT2D eigenvalue weighted by Gasteiger charge is -2.34. The lowest BCUT2D eigenvalue weighted by atomic mass is 10.1. The smallest absolute Gasteiger partial charge is 0.280 e. The van der Waals surface area contributed by atoms with Gasteiger partial charge in [0.05, 0.1) is 12.2 Å². The monoisotopic (exact) mass is 298 g/mol. The molecule has 1 saturated heterocycles. The van der Waals surface area contributed by atoms with Crippen molar-refractivity contribution >= 4 is 10.2 Å².